The van der Waals surface area contributed by atoms with Gasteiger partial charge in [0, 0.05) is 0 Å². The first-order valence-electron chi connectivity index (χ1n) is 12.0. The van der Waals surface area contributed by atoms with Gasteiger partial charge < -0.3 is 9.47 Å². The summed E-state index contributed by atoms with van der Waals surface area (Å²) in [6, 6.07) is 16.7. The van der Waals surface area contributed by atoms with Gasteiger partial charge in [0.05, 0.1) is 23.3 Å². The van der Waals surface area contributed by atoms with Gasteiger partial charge in [-0.3, -0.25) is 0 Å². The predicted octanol–water partition coefficient (Wildman–Crippen LogP) is 7.24. The fraction of sp³-hybridized carbons (Fsp3) is 0.333. The van der Waals surface area contributed by atoms with Crippen molar-refractivity contribution in [3.63, 3.8) is 0 Å². The molecule has 1 aliphatic carbocycles. The van der Waals surface area contributed by atoms with E-state index in [1.54, 1.807) is 54.6 Å². The SMILES string of the molecule is CCOc1cc2c(c(F)c1-c1ccc(C(=O)OC(=O)c3ccccc3)cc1)C(C)(C)CCC2(C)C. The monoisotopic (exact) mass is 474 g/mol. The second-order valence-electron chi connectivity index (χ2n) is 10.3. The third-order valence-electron chi connectivity index (χ3n) is 6.92. The molecule has 0 radical (unpaired) electrons. The van der Waals surface area contributed by atoms with Crippen molar-refractivity contribution >= 4 is 11.9 Å². The maximum atomic E-state index is 16.3. The Hall–Kier alpha value is -3.47. The summed E-state index contributed by atoms with van der Waals surface area (Å²) in [6.07, 6.45) is 1.85. The lowest BCUT2D eigenvalue weighted by Crippen LogP contribution is -2.35. The Morgan fingerprint density at radius 2 is 1.43 bits per heavy atom. The molecule has 35 heavy (non-hydrogen) atoms. The smallest absolute Gasteiger partial charge is 0.346 e. The standard InChI is InChI=1S/C30H31FO4/c1-6-34-23-18-22-25(30(4,5)17-16-29(22,2)3)26(31)24(23)19-12-14-21(15-13-19)28(33)35-27(32)20-10-8-7-9-11-20/h7-15,18H,6,16-17H2,1-5H3. The fourth-order valence-corrected chi connectivity index (χ4v) is 4.79. The number of carbonyl (C=O) groups is 2. The summed E-state index contributed by atoms with van der Waals surface area (Å²) >= 11 is 0. The molecule has 0 aromatic heterocycles. The summed E-state index contributed by atoms with van der Waals surface area (Å²) < 4.78 is 27.2. The summed E-state index contributed by atoms with van der Waals surface area (Å²) in [5.74, 6) is -1.27. The molecular formula is C30H31FO4. The number of benzene rings is 3. The van der Waals surface area contributed by atoms with Crippen LogP contribution in [0.1, 0.15) is 79.3 Å². The molecule has 3 aromatic carbocycles. The summed E-state index contributed by atoms with van der Waals surface area (Å²) in [5.41, 5.74) is 2.72. The summed E-state index contributed by atoms with van der Waals surface area (Å²) in [4.78, 5) is 24.7. The molecule has 0 fully saturated rings. The van der Waals surface area contributed by atoms with Crippen LogP contribution in [0, 0.1) is 5.82 Å². The first-order valence-corrected chi connectivity index (χ1v) is 12.0. The van der Waals surface area contributed by atoms with E-state index in [-0.39, 0.29) is 22.2 Å². The van der Waals surface area contributed by atoms with Crippen LogP contribution in [0.2, 0.25) is 0 Å². The molecule has 0 aliphatic heterocycles. The van der Waals surface area contributed by atoms with Gasteiger partial charge >= 0.3 is 11.9 Å². The van der Waals surface area contributed by atoms with E-state index >= 15 is 4.39 Å². The molecule has 1 aliphatic rings. The Kier molecular flexibility index (Phi) is 6.54. The molecule has 4 nitrogen and oxygen atoms in total. The molecule has 4 rings (SSSR count). The summed E-state index contributed by atoms with van der Waals surface area (Å²) in [5, 5.41) is 0. The van der Waals surface area contributed by atoms with Crippen LogP contribution in [0.25, 0.3) is 11.1 Å². The first kappa shape index (κ1) is 24.6. The number of halogens is 1. The zero-order valence-corrected chi connectivity index (χ0v) is 20.9. The van der Waals surface area contributed by atoms with E-state index in [0.717, 1.165) is 24.0 Å². The summed E-state index contributed by atoms with van der Waals surface area (Å²) in [7, 11) is 0. The Morgan fingerprint density at radius 1 is 0.857 bits per heavy atom. The average Bonchev–Trinajstić information content (AvgIpc) is 2.83. The predicted molar refractivity (Wildman–Crippen MR) is 134 cm³/mol. The van der Waals surface area contributed by atoms with Crippen LogP contribution < -0.4 is 4.74 Å². The van der Waals surface area contributed by atoms with E-state index in [9.17, 15) is 9.59 Å². The number of ether oxygens (including phenoxy) is 2. The van der Waals surface area contributed by atoms with Crippen LogP contribution in [-0.2, 0) is 15.6 Å². The van der Waals surface area contributed by atoms with Crippen molar-refractivity contribution in [1.82, 2.24) is 0 Å². The van der Waals surface area contributed by atoms with Crippen molar-refractivity contribution < 1.29 is 23.5 Å². The Labute approximate surface area is 206 Å². The number of fused-ring (bicyclic) bond motifs is 1. The molecule has 0 saturated carbocycles. The topological polar surface area (TPSA) is 52.6 Å². The molecule has 182 valence electrons. The number of rotatable bonds is 5. The highest BCUT2D eigenvalue weighted by molar-refractivity contribution is 6.02. The maximum absolute atomic E-state index is 16.3. The van der Waals surface area contributed by atoms with Gasteiger partial charge in [-0.25, -0.2) is 14.0 Å². The lowest BCUT2D eigenvalue weighted by atomic mass is 9.62. The van der Waals surface area contributed by atoms with Gasteiger partial charge in [-0.2, -0.15) is 0 Å². The second-order valence-corrected chi connectivity index (χ2v) is 10.3. The fourth-order valence-electron chi connectivity index (χ4n) is 4.79. The van der Waals surface area contributed by atoms with Gasteiger partial charge in [0.2, 0.25) is 0 Å². The lowest BCUT2D eigenvalue weighted by Gasteiger charge is -2.42. The molecule has 0 amide bonds. The number of hydrogen-bond donors (Lipinski definition) is 0. The minimum atomic E-state index is -0.760. The van der Waals surface area contributed by atoms with Crippen molar-refractivity contribution in [1.29, 1.82) is 0 Å². The van der Waals surface area contributed by atoms with Crippen LogP contribution >= 0.6 is 0 Å². The molecule has 0 bridgehead atoms. The van der Waals surface area contributed by atoms with Crippen LogP contribution in [0.4, 0.5) is 4.39 Å². The highest BCUT2D eigenvalue weighted by Crippen LogP contribution is 2.51. The maximum Gasteiger partial charge on any atom is 0.346 e. The van der Waals surface area contributed by atoms with E-state index in [1.807, 2.05) is 13.0 Å². The first-order chi connectivity index (χ1) is 16.5. The third kappa shape index (κ3) is 4.72. The molecule has 0 N–H and O–H groups in total. The number of hydrogen-bond acceptors (Lipinski definition) is 4. The van der Waals surface area contributed by atoms with Crippen LogP contribution in [-0.4, -0.2) is 18.5 Å². The summed E-state index contributed by atoms with van der Waals surface area (Å²) in [6.45, 7) is 10.7. The van der Waals surface area contributed by atoms with Gasteiger partial charge in [-0.1, -0.05) is 58.0 Å². The van der Waals surface area contributed by atoms with Crippen LogP contribution in [0.5, 0.6) is 5.75 Å². The molecule has 0 atom stereocenters. The zero-order valence-electron chi connectivity index (χ0n) is 20.9. The highest BCUT2D eigenvalue weighted by Gasteiger charge is 2.41. The third-order valence-corrected chi connectivity index (χ3v) is 6.92. The van der Waals surface area contributed by atoms with Gasteiger partial charge in [-0.05, 0) is 77.6 Å². The highest BCUT2D eigenvalue weighted by atomic mass is 19.1. The van der Waals surface area contributed by atoms with E-state index in [1.165, 1.54) is 0 Å². The Bertz CT molecular complexity index is 1260. The largest absolute Gasteiger partial charge is 0.493 e. The van der Waals surface area contributed by atoms with Crippen molar-refractivity contribution in [2.75, 3.05) is 6.61 Å². The molecule has 0 saturated heterocycles. The van der Waals surface area contributed by atoms with Gasteiger partial charge in [0.15, 0.2) is 0 Å². The minimum Gasteiger partial charge on any atom is -0.493 e. The molecule has 0 unspecified atom stereocenters. The lowest BCUT2D eigenvalue weighted by molar-refractivity contribution is 0.0398. The Morgan fingerprint density at radius 3 is 2.03 bits per heavy atom. The van der Waals surface area contributed by atoms with Crippen molar-refractivity contribution in [3.8, 4) is 16.9 Å². The molecule has 5 heteroatoms. The molecular weight excluding hydrogens is 443 g/mol. The molecule has 0 spiro atoms. The number of carbonyl (C=O) groups excluding carboxylic acids is 2. The number of esters is 2. The van der Waals surface area contributed by atoms with E-state index in [4.69, 9.17) is 9.47 Å². The van der Waals surface area contributed by atoms with Crippen LogP contribution in [0.3, 0.4) is 0 Å². The molecule has 3 aromatic rings. The molecule has 0 heterocycles. The quantitative estimate of drug-likeness (QED) is 0.289. The average molecular weight is 475 g/mol. The van der Waals surface area contributed by atoms with Crippen molar-refractivity contribution in [3.05, 3.63) is 88.7 Å². The van der Waals surface area contributed by atoms with Gasteiger partial charge in [-0.15, -0.1) is 0 Å². The van der Waals surface area contributed by atoms with Crippen molar-refractivity contribution in [2.24, 2.45) is 0 Å². The van der Waals surface area contributed by atoms with E-state index < -0.39 is 11.9 Å². The minimum absolute atomic E-state index is 0.158. The van der Waals surface area contributed by atoms with Crippen molar-refractivity contribution in [2.45, 2.75) is 58.3 Å². The van der Waals surface area contributed by atoms with E-state index in [2.05, 4.69) is 27.7 Å². The zero-order chi connectivity index (χ0) is 25.4. The Balaban J connectivity index is 1.71. The van der Waals surface area contributed by atoms with Gasteiger partial charge in [0.1, 0.15) is 11.6 Å². The van der Waals surface area contributed by atoms with Gasteiger partial charge in [0.25, 0.3) is 0 Å². The normalized spacial score (nSPS) is 15.7. The van der Waals surface area contributed by atoms with E-state index in [0.29, 0.717) is 29.0 Å². The van der Waals surface area contributed by atoms with Crippen LogP contribution in [0.15, 0.2) is 60.7 Å². The second kappa shape index (κ2) is 9.29.